The van der Waals surface area contributed by atoms with E-state index in [2.05, 4.69) is 12.2 Å². The first-order chi connectivity index (χ1) is 10.6. The van der Waals surface area contributed by atoms with Crippen molar-refractivity contribution in [1.29, 1.82) is 0 Å². The molecule has 0 aromatic heterocycles. The molecule has 0 saturated heterocycles. The molecule has 2 aromatic carbocycles. The van der Waals surface area contributed by atoms with Gasteiger partial charge in [-0.25, -0.2) is 0 Å². The molecule has 0 aliphatic heterocycles. The largest absolute Gasteiger partial charge is 0.506 e. The van der Waals surface area contributed by atoms with E-state index in [1.165, 1.54) is 5.56 Å². The number of rotatable bonds is 6. The predicted octanol–water partition coefficient (Wildman–Crippen LogP) is 3.67. The summed E-state index contributed by atoms with van der Waals surface area (Å²) < 4.78 is 5.54. The third-order valence-corrected chi connectivity index (χ3v) is 3.36. The Morgan fingerprint density at radius 1 is 1.18 bits per heavy atom. The molecule has 2 aromatic rings. The molecule has 0 saturated carbocycles. The zero-order valence-corrected chi connectivity index (χ0v) is 12.9. The minimum absolute atomic E-state index is 0.0648. The fourth-order valence-electron chi connectivity index (χ4n) is 2.05. The predicted molar refractivity (Wildman–Crippen MR) is 87.4 cm³/mol. The number of aromatic hydroxyl groups is 1. The highest BCUT2D eigenvalue weighted by Gasteiger charge is 2.07. The SMILES string of the molecule is CCc1ccc(OCCC(=O)Nc2cc(C)ccc2O)cc1. The number of benzene rings is 2. The minimum atomic E-state index is -0.189. The van der Waals surface area contributed by atoms with E-state index in [0.29, 0.717) is 12.3 Å². The lowest BCUT2D eigenvalue weighted by Gasteiger charge is -2.09. The summed E-state index contributed by atoms with van der Waals surface area (Å²) >= 11 is 0. The van der Waals surface area contributed by atoms with Crippen LogP contribution < -0.4 is 10.1 Å². The lowest BCUT2D eigenvalue weighted by atomic mass is 10.2. The van der Waals surface area contributed by atoms with Gasteiger partial charge in [-0.1, -0.05) is 25.1 Å². The molecule has 2 N–H and O–H groups in total. The second kappa shape index (κ2) is 7.50. The zero-order chi connectivity index (χ0) is 15.9. The molecule has 0 fully saturated rings. The second-order valence-electron chi connectivity index (χ2n) is 5.16. The van der Waals surface area contributed by atoms with Crippen LogP contribution in [-0.4, -0.2) is 17.6 Å². The highest BCUT2D eigenvalue weighted by molar-refractivity contribution is 5.92. The van der Waals surface area contributed by atoms with Gasteiger partial charge in [0, 0.05) is 0 Å². The highest BCUT2D eigenvalue weighted by Crippen LogP contribution is 2.23. The van der Waals surface area contributed by atoms with Crippen LogP contribution in [0, 0.1) is 6.92 Å². The van der Waals surface area contributed by atoms with Crippen LogP contribution in [0.25, 0.3) is 0 Å². The number of carbonyl (C=O) groups is 1. The van der Waals surface area contributed by atoms with Gasteiger partial charge in [-0.3, -0.25) is 4.79 Å². The lowest BCUT2D eigenvalue weighted by molar-refractivity contribution is -0.116. The Balaban J connectivity index is 1.81. The molecule has 0 radical (unpaired) electrons. The maximum atomic E-state index is 11.9. The monoisotopic (exact) mass is 299 g/mol. The minimum Gasteiger partial charge on any atom is -0.506 e. The fourth-order valence-corrected chi connectivity index (χ4v) is 2.05. The molecule has 0 bridgehead atoms. The molecular weight excluding hydrogens is 278 g/mol. The van der Waals surface area contributed by atoms with Crippen LogP contribution in [0.4, 0.5) is 5.69 Å². The summed E-state index contributed by atoms with van der Waals surface area (Å²) in [6, 6.07) is 12.9. The molecule has 0 aliphatic carbocycles. The molecule has 0 heterocycles. The van der Waals surface area contributed by atoms with E-state index < -0.39 is 0 Å². The second-order valence-corrected chi connectivity index (χ2v) is 5.16. The first-order valence-electron chi connectivity index (χ1n) is 7.39. The van der Waals surface area contributed by atoms with E-state index in [9.17, 15) is 9.90 Å². The number of hydrogen-bond acceptors (Lipinski definition) is 3. The number of hydrogen-bond donors (Lipinski definition) is 2. The van der Waals surface area contributed by atoms with Crippen LogP contribution in [0.15, 0.2) is 42.5 Å². The van der Waals surface area contributed by atoms with Crippen LogP contribution in [0.2, 0.25) is 0 Å². The molecule has 116 valence electrons. The van der Waals surface area contributed by atoms with Gasteiger partial charge in [0.25, 0.3) is 0 Å². The van der Waals surface area contributed by atoms with Crippen molar-refractivity contribution in [3.63, 3.8) is 0 Å². The van der Waals surface area contributed by atoms with Crippen molar-refractivity contribution in [2.45, 2.75) is 26.7 Å². The summed E-state index contributed by atoms with van der Waals surface area (Å²) in [5.74, 6) is 0.629. The van der Waals surface area contributed by atoms with Gasteiger partial charge in [0.05, 0.1) is 18.7 Å². The van der Waals surface area contributed by atoms with Gasteiger partial charge in [0.2, 0.25) is 5.91 Å². The van der Waals surface area contributed by atoms with Crippen molar-refractivity contribution in [2.75, 3.05) is 11.9 Å². The normalized spacial score (nSPS) is 10.3. The molecule has 1 amide bonds. The smallest absolute Gasteiger partial charge is 0.227 e. The molecule has 0 unspecified atom stereocenters. The van der Waals surface area contributed by atoms with Gasteiger partial charge in [-0.2, -0.15) is 0 Å². The van der Waals surface area contributed by atoms with E-state index in [4.69, 9.17) is 4.74 Å². The van der Waals surface area contributed by atoms with Crippen LogP contribution in [0.5, 0.6) is 11.5 Å². The summed E-state index contributed by atoms with van der Waals surface area (Å²) in [6.45, 7) is 4.29. The number of nitrogens with one attached hydrogen (secondary N) is 1. The number of phenols is 1. The Bertz CT molecular complexity index is 635. The molecule has 4 nitrogen and oxygen atoms in total. The third kappa shape index (κ3) is 4.52. The van der Waals surface area contributed by atoms with Crippen molar-refractivity contribution < 1.29 is 14.6 Å². The standard InChI is InChI=1S/C18H21NO3/c1-3-14-5-7-15(8-6-14)22-11-10-18(21)19-16-12-13(2)4-9-17(16)20/h4-9,12,20H,3,10-11H2,1-2H3,(H,19,21). The Morgan fingerprint density at radius 2 is 1.91 bits per heavy atom. The van der Waals surface area contributed by atoms with Crippen LogP contribution in [0.3, 0.4) is 0 Å². The Morgan fingerprint density at radius 3 is 2.59 bits per heavy atom. The summed E-state index contributed by atoms with van der Waals surface area (Å²) in [6.07, 6.45) is 1.21. The van der Waals surface area contributed by atoms with E-state index in [-0.39, 0.29) is 18.1 Å². The van der Waals surface area contributed by atoms with Crippen molar-refractivity contribution in [3.05, 3.63) is 53.6 Å². The van der Waals surface area contributed by atoms with E-state index in [0.717, 1.165) is 17.7 Å². The topological polar surface area (TPSA) is 58.6 Å². The number of amides is 1. The number of phenolic OH excluding ortho intramolecular Hbond substituents is 1. The van der Waals surface area contributed by atoms with E-state index in [1.54, 1.807) is 18.2 Å². The average molecular weight is 299 g/mol. The van der Waals surface area contributed by atoms with Crippen molar-refractivity contribution in [3.8, 4) is 11.5 Å². The number of carbonyl (C=O) groups excluding carboxylic acids is 1. The number of aryl methyl sites for hydroxylation is 2. The van der Waals surface area contributed by atoms with E-state index in [1.807, 2.05) is 31.2 Å². The quantitative estimate of drug-likeness (QED) is 0.800. The Labute approximate surface area is 130 Å². The van der Waals surface area contributed by atoms with Gasteiger partial charge < -0.3 is 15.2 Å². The summed E-state index contributed by atoms with van der Waals surface area (Å²) in [7, 11) is 0. The fraction of sp³-hybridized carbons (Fsp3) is 0.278. The van der Waals surface area contributed by atoms with E-state index >= 15 is 0 Å². The molecule has 4 heteroatoms. The van der Waals surface area contributed by atoms with Gasteiger partial charge in [-0.05, 0) is 48.7 Å². The van der Waals surface area contributed by atoms with Gasteiger partial charge in [0.1, 0.15) is 11.5 Å². The van der Waals surface area contributed by atoms with Crippen molar-refractivity contribution in [1.82, 2.24) is 0 Å². The molecule has 0 aliphatic rings. The Hall–Kier alpha value is -2.49. The average Bonchev–Trinajstić information content (AvgIpc) is 2.51. The number of anilines is 1. The summed E-state index contributed by atoms with van der Waals surface area (Å²) in [5, 5.41) is 12.4. The van der Waals surface area contributed by atoms with Gasteiger partial charge >= 0.3 is 0 Å². The Kier molecular flexibility index (Phi) is 5.42. The summed E-state index contributed by atoms with van der Waals surface area (Å²) in [4.78, 5) is 11.9. The maximum absolute atomic E-state index is 11.9. The molecule has 0 spiro atoms. The maximum Gasteiger partial charge on any atom is 0.227 e. The van der Waals surface area contributed by atoms with Crippen LogP contribution in [-0.2, 0) is 11.2 Å². The highest BCUT2D eigenvalue weighted by atomic mass is 16.5. The third-order valence-electron chi connectivity index (χ3n) is 3.36. The summed E-state index contributed by atoms with van der Waals surface area (Å²) in [5.41, 5.74) is 2.65. The van der Waals surface area contributed by atoms with Crippen LogP contribution >= 0.6 is 0 Å². The van der Waals surface area contributed by atoms with Crippen LogP contribution in [0.1, 0.15) is 24.5 Å². The molecule has 22 heavy (non-hydrogen) atoms. The molecule has 0 atom stereocenters. The lowest BCUT2D eigenvalue weighted by Crippen LogP contribution is -2.15. The molecular formula is C18H21NO3. The van der Waals surface area contributed by atoms with Crippen molar-refractivity contribution in [2.24, 2.45) is 0 Å². The molecule has 2 rings (SSSR count). The van der Waals surface area contributed by atoms with Gasteiger partial charge in [-0.15, -0.1) is 0 Å². The van der Waals surface area contributed by atoms with Gasteiger partial charge in [0.15, 0.2) is 0 Å². The first-order valence-corrected chi connectivity index (χ1v) is 7.39. The number of ether oxygens (including phenoxy) is 1. The first kappa shape index (κ1) is 15.9. The zero-order valence-electron chi connectivity index (χ0n) is 12.9. The van der Waals surface area contributed by atoms with Crippen molar-refractivity contribution >= 4 is 11.6 Å².